The lowest BCUT2D eigenvalue weighted by atomic mass is 9.92. The van der Waals surface area contributed by atoms with Gasteiger partial charge in [0.15, 0.2) is 5.82 Å². The summed E-state index contributed by atoms with van der Waals surface area (Å²) in [4.78, 5) is 24.3. The van der Waals surface area contributed by atoms with Crippen molar-refractivity contribution in [3.8, 4) is 22.6 Å². The molecule has 0 saturated heterocycles. The van der Waals surface area contributed by atoms with E-state index < -0.39 is 0 Å². The molecule has 3 heterocycles. The van der Waals surface area contributed by atoms with Crippen molar-refractivity contribution in [1.29, 1.82) is 0 Å². The van der Waals surface area contributed by atoms with E-state index >= 15 is 0 Å². The molecule has 1 unspecified atom stereocenters. The third-order valence-corrected chi connectivity index (χ3v) is 5.55. The third kappa shape index (κ3) is 5.11. The summed E-state index contributed by atoms with van der Waals surface area (Å²) < 4.78 is 7.07. The molecule has 0 bridgehead atoms. The molecule has 3 aromatic heterocycles. The van der Waals surface area contributed by atoms with Gasteiger partial charge in [-0.15, -0.1) is 0 Å². The molecule has 1 aromatic carbocycles. The van der Waals surface area contributed by atoms with Crippen molar-refractivity contribution < 1.29 is 9.32 Å². The summed E-state index contributed by atoms with van der Waals surface area (Å²) in [6, 6.07) is 8.27. The van der Waals surface area contributed by atoms with E-state index in [-0.39, 0.29) is 24.3 Å². The summed E-state index contributed by atoms with van der Waals surface area (Å²) in [6.07, 6.45) is 9.03. The second-order valence-electron chi connectivity index (χ2n) is 7.82. The zero-order valence-electron chi connectivity index (χ0n) is 19.5. The number of hydrogen-bond donors (Lipinski definition) is 2. The van der Waals surface area contributed by atoms with Crippen molar-refractivity contribution >= 4 is 11.9 Å². The van der Waals surface area contributed by atoms with Gasteiger partial charge in [-0.1, -0.05) is 43.3 Å². The number of nitrogens with one attached hydrogen (secondary N) is 1. The number of amides is 1. The minimum absolute atomic E-state index is 0.0603. The predicted molar refractivity (Wildman–Crippen MR) is 127 cm³/mol. The van der Waals surface area contributed by atoms with E-state index in [1.54, 1.807) is 31.8 Å². The Balaban J connectivity index is 0.00000133. The standard InChI is InChI=1S/C22H22N8O2.C2H6/c1-24-18(31)12-30-11-17(10-27-30)21-28-20(29-32-21)19(15-6-7-15)14-4-2-13(3-5-14)16-8-25-22(23)26-9-16;1-2/h2-5,8-11,15,19H,6-7,12H2,1H3,(H,24,31)(H2,23,25,26);1-2H3. The van der Waals surface area contributed by atoms with E-state index in [0.717, 1.165) is 29.5 Å². The van der Waals surface area contributed by atoms with Crippen LogP contribution in [0.3, 0.4) is 0 Å². The Kier molecular flexibility index (Phi) is 6.95. The van der Waals surface area contributed by atoms with Crippen molar-refractivity contribution in [3.05, 3.63) is 60.4 Å². The number of aromatic nitrogens is 6. The van der Waals surface area contributed by atoms with Gasteiger partial charge in [-0.25, -0.2) is 9.97 Å². The molecular formula is C24H28N8O2. The number of likely N-dealkylation sites (N-methyl/N-ethyl adjacent to an activating group) is 1. The van der Waals surface area contributed by atoms with Gasteiger partial charge in [0.25, 0.3) is 5.89 Å². The summed E-state index contributed by atoms with van der Waals surface area (Å²) in [5.74, 6) is 1.72. The quantitative estimate of drug-likeness (QED) is 0.428. The highest BCUT2D eigenvalue weighted by atomic mass is 16.5. The van der Waals surface area contributed by atoms with E-state index in [0.29, 0.717) is 23.2 Å². The van der Waals surface area contributed by atoms with Crippen LogP contribution in [0.2, 0.25) is 0 Å². The molecule has 5 rings (SSSR count). The highest BCUT2D eigenvalue weighted by Gasteiger charge is 2.36. The molecule has 34 heavy (non-hydrogen) atoms. The fourth-order valence-corrected chi connectivity index (χ4v) is 3.70. The highest BCUT2D eigenvalue weighted by Crippen LogP contribution is 2.46. The van der Waals surface area contributed by atoms with Crippen molar-refractivity contribution in [2.24, 2.45) is 5.92 Å². The number of carbonyl (C=O) groups excluding carboxylic acids is 1. The van der Waals surface area contributed by atoms with Crippen molar-refractivity contribution in [1.82, 2.24) is 35.2 Å². The average Bonchev–Trinajstić information content (AvgIpc) is 3.39. The first-order valence-corrected chi connectivity index (χ1v) is 11.4. The number of anilines is 1. The van der Waals surface area contributed by atoms with E-state index in [2.05, 4.69) is 42.7 Å². The van der Waals surface area contributed by atoms with Gasteiger partial charge in [-0.3, -0.25) is 9.48 Å². The first-order valence-electron chi connectivity index (χ1n) is 11.4. The van der Waals surface area contributed by atoms with Gasteiger partial charge < -0.3 is 15.6 Å². The summed E-state index contributed by atoms with van der Waals surface area (Å²) >= 11 is 0. The number of benzene rings is 1. The van der Waals surface area contributed by atoms with Crippen molar-refractivity contribution in [2.75, 3.05) is 12.8 Å². The zero-order chi connectivity index (χ0) is 24.1. The van der Waals surface area contributed by atoms with Crippen LogP contribution in [0.1, 0.15) is 44.0 Å². The maximum atomic E-state index is 11.6. The molecule has 1 atom stereocenters. The molecule has 10 heteroatoms. The predicted octanol–water partition coefficient (Wildman–Crippen LogP) is 3.29. The van der Waals surface area contributed by atoms with Gasteiger partial charge in [-0.2, -0.15) is 10.1 Å². The first-order chi connectivity index (χ1) is 16.6. The van der Waals surface area contributed by atoms with Crippen LogP contribution in [0.15, 0.2) is 53.6 Å². The molecule has 1 fully saturated rings. The van der Waals surface area contributed by atoms with Gasteiger partial charge in [0, 0.05) is 31.2 Å². The van der Waals surface area contributed by atoms with Crippen LogP contribution >= 0.6 is 0 Å². The Bertz CT molecular complexity index is 1230. The highest BCUT2D eigenvalue weighted by molar-refractivity contribution is 5.75. The van der Waals surface area contributed by atoms with Crippen LogP contribution in [0, 0.1) is 5.92 Å². The smallest absolute Gasteiger partial charge is 0.261 e. The van der Waals surface area contributed by atoms with Gasteiger partial charge in [-0.05, 0) is 29.9 Å². The Morgan fingerprint density at radius 3 is 2.47 bits per heavy atom. The molecule has 0 radical (unpaired) electrons. The zero-order valence-corrected chi connectivity index (χ0v) is 19.5. The first kappa shape index (κ1) is 23.1. The molecule has 3 N–H and O–H groups in total. The molecule has 4 aromatic rings. The van der Waals surface area contributed by atoms with Crippen LogP contribution < -0.4 is 11.1 Å². The van der Waals surface area contributed by atoms with Gasteiger partial charge >= 0.3 is 0 Å². The minimum atomic E-state index is -0.131. The average molecular weight is 461 g/mol. The van der Waals surface area contributed by atoms with Crippen LogP contribution in [0.25, 0.3) is 22.6 Å². The number of nitrogens with zero attached hydrogens (tertiary/aromatic N) is 6. The number of carbonyl (C=O) groups is 1. The van der Waals surface area contributed by atoms with Crippen molar-refractivity contribution in [2.45, 2.75) is 39.2 Å². The van der Waals surface area contributed by atoms with Gasteiger partial charge in [0.2, 0.25) is 11.9 Å². The van der Waals surface area contributed by atoms with Gasteiger partial charge in [0.1, 0.15) is 6.54 Å². The minimum Gasteiger partial charge on any atom is -0.368 e. The lowest BCUT2D eigenvalue weighted by Gasteiger charge is -2.13. The van der Waals surface area contributed by atoms with E-state index in [1.807, 2.05) is 26.0 Å². The van der Waals surface area contributed by atoms with Crippen LogP contribution in [-0.2, 0) is 11.3 Å². The molecule has 1 saturated carbocycles. The van der Waals surface area contributed by atoms with E-state index in [1.165, 1.54) is 4.68 Å². The molecule has 1 aliphatic carbocycles. The number of nitrogen functional groups attached to an aromatic ring is 1. The maximum Gasteiger partial charge on any atom is 0.261 e. The molecule has 10 nitrogen and oxygen atoms in total. The molecule has 0 aliphatic heterocycles. The number of nitrogens with two attached hydrogens (primary N) is 1. The van der Waals surface area contributed by atoms with Crippen LogP contribution in [0.5, 0.6) is 0 Å². The topological polar surface area (TPSA) is 138 Å². The SMILES string of the molecule is CC.CNC(=O)Cn1cc(-c2nc(C(c3ccc(-c4cnc(N)nc4)cc3)C3CC3)no2)cn1. The number of rotatable bonds is 7. The van der Waals surface area contributed by atoms with Gasteiger partial charge in [0.05, 0.1) is 17.7 Å². The van der Waals surface area contributed by atoms with E-state index in [4.69, 9.17) is 10.3 Å². The maximum absolute atomic E-state index is 11.6. The summed E-state index contributed by atoms with van der Waals surface area (Å²) in [5.41, 5.74) is 9.32. The number of hydrogen-bond acceptors (Lipinski definition) is 8. The lowest BCUT2D eigenvalue weighted by Crippen LogP contribution is -2.23. The largest absolute Gasteiger partial charge is 0.368 e. The second kappa shape index (κ2) is 10.2. The molecule has 176 valence electrons. The monoisotopic (exact) mass is 460 g/mol. The summed E-state index contributed by atoms with van der Waals surface area (Å²) in [6.45, 7) is 4.13. The summed E-state index contributed by atoms with van der Waals surface area (Å²) in [7, 11) is 1.59. The Hall–Kier alpha value is -4.08. The normalized spacial score (nSPS) is 13.6. The summed E-state index contributed by atoms with van der Waals surface area (Å²) in [5, 5.41) is 11.0. The van der Waals surface area contributed by atoms with E-state index in [9.17, 15) is 4.79 Å². The molecule has 1 amide bonds. The molecular weight excluding hydrogens is 432 g/mol. The second-order valence-corrected chi connectivity index (χ2v) is 7.82. The fraction of sp³-hybridized carbons (Fsp3) is 0.333. The fourth-order valence-electron chi connectivity index (χ4n) is 3.70. The van der Waals surface area contributed by atoms with Crippen molar-refractivity contribution in [3.63, 3.8) is 0 Å². The van der Waals surface area contributed by atoms with Crippen LogP contribution in [-0.4, -0.2) is 42.8 Å². The third-order valence-electron chi connectivity index (χ3n) is 5.55. The lowest BCUT2D eigenvalue weighted by molar-refractivity contribution is -0.121. The van der Waals surface area contributed by atoms with Crippen LogP contribution in [0.4, 0.5) is 5.95 Å². The molecule has 0 spiro atoms. The Morgan fingerprint density at radius 2 is 1.82 bits per heavy atom. The Labute approximate surface area is 197 Å². The molecule has 1 aliphatic rings. The Morgan fingerprint density at radius 1 is 1.12 bits per heavy atom.